The molecule has 1 unspecified atom stereocenters. The van der Waals surface area contributed by atoms with Gasteiger partial charge in [0.25, 0.3) is 5.91 Å². The van der Waals surface area contributed by atoms with Crippen LogP contribution in [0.3, 0.4) is 0 Å². The van der Waals surface area contributed by atoms with Gasteiger partial charge in [-0.2, -0.15) is 5.10 Å². The Balaban J connectivity index is 1.69. The maximum absolute atomic E-state index is 12.6. The van der Waals surface area contributed by atoms with Gasteiger partial charge in [0.1, 0.15) is 0 Å². The van der Waals surface area contributed by atoms with Gasteiger partial charge in [0, 0.05) is 46.2 Å². The molecule has 0 radical (unpaired) electrons. The van der Waals surface area contributed by atoms with Gasteiger partial charge < -0.3 is 5.32 Å². The van der Waals surface area contributed by atoms with Crippen molar-refractivity contribution in [3.05, 3.63) is 88.2 Å². The van der Waals surface area contributed by atoms with Crippen LogP contribution in [0.2, 0.25) is 0 Å². The first kappa shape index (κ1) is 20.0. The average Bonchev–Trinajstić information content (AvgIpc) is 2.93. The molecule has 1 N–H and O–H groups in total. The summed E-state index contributed by atoms with van der Waals surface area (Å²) in [5.41, 5.74) is 5.68. The van der Waals surface area contributed by atoms with Crippen molar-refractivity contribution >= 4 is 16.7 Å². The Kier molecular flexibility index (Phi) is 6.41. The summed E-state index contributed by atoms with van der Waals surface area (Å²) >= 11 is 0. The standard InChI is InChI=1S/C22H25N3O2S/c1-16-21(17(2)25(24-16)14-18-8-5-4-6-9-18)13-23-22(26)20-11-7-10-19(12-20)15-28(3)27/h4-12H,13-15H2,1-3H3,(H,23,26). The number of carbonyl (C=O) groups is 1. The Bertz CT molecular complexity index is 996. The van der Waals surface area contributed by atoms with Gasteiger partial charge in [-0.25, -0.2) is 0 Å². The molecule has 2 aromatic carbocycles. The third-order valence-corrected chi connectivity index (χ3v) is 5.43. The van der Waals surface area contributed by atoms with E-state index in [1.54, 1.807) is 18.4 Å². The zero-order chi connectivity index (χ0) is 20.1. The maximum Gasteiger partial charge on any atom is 0.251 e. The van der Waals surface area contributed by atoms with Gasteiger partial charge in [0.15, 0.2) is 0 Å². The van der Waals surface area contributed by atoms with E-state index < -0.39 is 10.8 Å². The molecule has 1 amide bonds. The third-order valence-electron chi connectivity index (χ3n) is 4.69. The number of hydrogen-bond acceptors (Lipinski definition) is 3. The van der Waals surface area contributed by atoms with Gasteiger partial charge in [-0.15, -0.1) is 0 Å². The van der Waals surface area contributed by atoms with Gasteiger partial charge in [-0.05, 0) is 37.1 Å². The highest BCUT2D eigenvalue weighted by Gasteiger charge is 2.14. The Morgan fingerprint density at radius 2 is 1.79 bits per heavy atom. The lowest BCUT2D eigenvalue weighted by Gasteiger charge is -2.08. The molecule has 6 heteroatoms. The van der Waals surface area contributed by atoms with Crippen molar-refractivity contribution in [3.63, 3.8) is 0 Å². The fourth-order valence-corrected chi connectivity index (χ4v) is 3.86. The number of nitrogens with one attached hydrogen (secondary N) is 1. The molecule has 3 aromatic rings. The summed E-state index contributed by atoms with van der Waals surface area (Å²) in [6.07, 6.45) is 1.66. The number of aryl methyl sites for hydroxylation is 1. The van der Waals surface area contributed by atoms with E-state index in [9.17, 15) is 9.00 Å². The molecule has 0 aliphatic carbocycles. The van der Waals surface area contributed by atoms with Crippen LogP contribution in [0.5, 0.6) is 0 Å². The van der Waals surface area contributed by atoms with Gasteiger partial charge in [0.05, 0.1) is 12.2 Å². The SMILES string of the molecule is Cc1nn(Cc2ccccc2)c(C)c1CNC(=O)c1cccc(CS(C)=O)c1. The number of amides is 1. The van der Waals surface area contributed by atoms with Crippen LogP contribution in [0.4, 0.5) is 0 Å². The maximum atomic E-state index is 12.6. The van der Waals surface area contributed by atoms with Crippen LogP contribution < -0.4 is 5.32 Å². The Morgan fingerprint density at radius 1 is 1.07 bits per heavy atom. The van der Waals surface area contributed by atoms with E-state index in [0.717, 1.165) is 22.5 Å². The smallest absolute Gasteiger partial charge is 0.251 e. The van der Waals surface area contributed by atoms with Crippen molar-refractivity contribution in [2.24, 2.45) is 0 Å². The fraction of sp³-hybridized carbons (Fsp3) is 0.273. The zero-order valence-electron chi connectivity index (χ0n) is 16.4. The molecule has 0 saturated carbocycles. The summed E-state index contributed by atoms with van der Waals surface area (Å²) < 4.78 is 13.4. The van der Waals surface area contributed by atoms with Crippen molar-refractivity contribution < 1.29 is 9.00 Å². The molecular formula is C22H25N3O2S. The lowest BCUT2D eigenvalue weighted by molar-refractivity contribution is 0.0950. The summed E-state index contributed by atoms with van der Waals surface area (Å²) in [5.74, 6) is 0.310. The van der Waals surface area contributed by atoms with Gasteiger partial charge >= 0.3 is 0 Å². The van der Waals surface area contributed by atoms with Crippen LogP contribution >= 0.6 is 0 Å². The molecule has 0 aliphatic heterocycles. The zero-order valence-corrected chi connectivity index (χ0v) is 17.3. The van der Waals surface area contributed by atoms with Crippen LogP contribution in [-0.4, -0.2) is 26.2 Å². The molecular weight excluding hydrogens is 370 g/mol. The summed E-state index contributed by atoms with van der Waals surface area (Å²) in [6, 6.07) is 17.5. The number of aromatic nitrogens is 2. The summed E-state index contributed by atoms with van der Waals surface area (Å²) in [5, 5.41) is 7.62. The topological polar surface area (TPSA) is 64.0 Å². The molecule has 0 aliphatic rings. The molecule has 1 atom stereocenters. The second kappa shape index (κ2) is 8.97. The minimum atomic E-state index is -0.935. The highest BCUT2D eigenvalue weighted by Crippen LogP contribution is 2.15. The highest BCUT2D eigenvalue weighted by atomic mass is 32.2. The predicted molar refractivity (Wildman–Crippen MR) is 113 cm³/mol. The molecule has 146 valence electrons. The normalized spacial score (nSPS) is 12.0. The molecule has 28 heavy (non-hydrogen) atoms. The number of carbonyl (C=O) groups excluding carboxylic acids is 1. The first-order valence-electron chi connectivity index (χ1n) is 9.18. The first-order chi connectivity index (χ1) is 13.4. The molecule has 0 fully saturated rings. The van der Waals surface area contributed by atoms with Gasteiger partial charge in [-0.3, -0.25) is 13.7 Å². The highest BCUT2D eigenvalue weighted by molar-refractivity contribution is 7.83. The molecule has 5 nitrogen and oxygen atoms in total. The molecule has 0 saturated heterocycles. The van der Waals surface area contributed by atoms with Crippen LogP contribution in [0, 0.1) is 13.8 Å². The lowest BCUT2D eigenvalue weighted by atomic mass is 10.1. The van der Waals surface area contributed by atoms with Crippen LogP contribution in [-0.2, 0) is 29.6 Å². The number of hydrogen-bond donors (Lipinski definition) is 1. The second-order valence-electron chi connectivity index (χ2n) is 6.89. The molecule has 3 rings (SSSR count). The minimum Gasteiger partial charge on any atom is -0.348 e. The van der Waals surface area contributed by atoms with Crippen molar-refractivity contribution in [1.29, 1.82) is 0 Å². The van der Waals surface area contributed by atoms with Crippen molar-refractivity contribution in [3.8, 4) is 0 Å². The van der Waals surface area contributed by atoms with Crippen LogP contribution in [0.1, 0.15) is 38.4 Å². The number of benzene rings is 2. The third kappa shape index (κ3) is 4.95. The largest absolute Gasteiger partial charge is 0.348 e. The summed E-state index contributed by atoms with van der Waals surface area (Å²) in [4.78, 5) is 12.6. The van der Waals surface area contributed by atoms with E-state index in [4.69, 9.17) is 0 Å². The van der Waals surface area contributed by atoms with E-state index in [1.807, 2.05) is 48.9 Å². The van der Waals surface area contributed by atoms with E-state index in [0.29, 0.717) is 24.4 Å². The van der Waals surface area contributed by atoms with Crippen molar-refractivity contribution in [2.75, 3.05) is 6.26 Å². The molecule has 1 heterocycles. The van der Waals surface area contributed by atoms with Crippen molar-refractivity contribution in [2.45, 2.75) is 32.7 Å². The molecule has 0 bridgehead atoms. The number of rotatable bonds is 7. The van der Waals surface area contributed by atoms with Crippen molar-refractivity contribution in [1.82, 2.24) is 15.1 Å². The summed E-state index contributed by atoms with van der Waals surface area (Å²) in [7, 11) is -0.935. The quantitative estimate of drug-likeness (QED) is 0.667. The molecule has 1 aromatic heterocycles. The van der Waals surface area contributed by atoms with E-state index >= 15 is 0 Å². The van der Waals surface area contributed by atoms with E-state index in [1.165, 1.54) is 5.56 Å². The second-order valence-corrected chi connectivity index (χ2v) is 8.33. The number of nitrogens with zero attached hydrogens (tertiary/aromatic N) is 2. The Hall–Kier alpha value is -2.73. The lowest BCUT2D eigenvalue weighted by Crippen LogP contribution is -2.23. The first-order valence-corrected chi connectivity index (χ1v) is 10.9. The van der Waals surface area contributed by atoms with Gasteiger partial charge in [-0.1, -0.05) is 42.5 Å². The Labute approximate surface area is 168 Å². The summed E-state index contributed by atoms with van der Waals surface area (Å²) in [6.45, 7) is 5.13. The predicted octanol–water partition coefficient (Wildman–Crippen LogP) is 3.36. The average molecular weight is 396 g/mol. The van der Waals surface area contributed by atoms with E-state index in [2.05, 4.69) is 22.5 Å². The Morgan fingerprint density at radius 3 is 2.50 bits per heavy atom. The van der Waals surface area contributed by atoms with Gasteiger partial charge in [0.2, 0.25) is 0 Å². The van der Waals surface area contributed by atoms with Crippen LogP contribution in [0.25, 0.3) is 0 Å². The minimum absolute atomic E-state index is 0.140. The van der Waals surface area contributed by atoms with Crippen LogP contribution in [0.15, 0.2) is 54.6 Å². The fourth-order valence-electron chi connectivity index (χ4n) is 3.21. The monoisotopic (exact) mass is 395 g/mol. The van der Waals surface area contributed by atoms with E-state index in [-0.39, 0.29) is 5.91 Å². The molecule has 0 spiro atoms.